The molecule has 0 aliphatic carbocycles. The van der Waals surface area contributed by atoms with Gasteiger partial charge < -0.3 is 15.5 Å². The normalized spacial score (nSPS) is 13.9. The Labute approximate surface area is 226 Å². The number of amides is 1. The summed E-state index contributed by atoms with van der Waals surface area (Å²) in [5.74, 6) is 0.302. The molecular formula is C32H30BrNO3. The summed E-state index contributed by atoms with van der Waals surface area (Å²) >= 11 is 3.73. The van der Waals surface area contributed by atoms with Crippen molar-refractivity contribution in [2.75, 3.05) is 5.32 Å². The van der Waals surface area contributed by atoms with Crippen LogP contribution in [-0.2, 0) is 16.6 Å². The number of hydrogen-bond acceptors (Lipinski definition) is 3. The molecule has 0 unspecified atom stereocenters. The van der Waals surface area contributed by atoms with Crippen molar-refractivity contribution in [2.24, 2.45) is 0 Å². The minimum atomic E-state index is -1.16. The summed E-state index contributed by atoms with van der Waals surface area (Å²) in [6.07, 6.45) is 0.673. The summed E-state index contributed by atoms with van der Waals surface area (Å²) in [4.78, 5) is 14.3. The maximum atomic E-state index is 14.3. The zero-order chi connectivity index (χ0) is 26.6. The van der Waals surface area contributed by atoms with Crippen LogP contribution in [0.3, 0.4) is 0 Å². The van der Waals surface area contributed by atoms with Crippen LogP contribution in [0, 0.1) is 34.6 Å². The second-order valence-electron chi connectivity index (χ2n) is 10.2. The Hall–Kier alpha value is -3.57. The third-order valence-electron chi connectivity index (χ3n) is 7.66. The van der Waals surface area contributed by atoms with E-state index in [4.69, 9.17) is 0 Å². The molecule has 188 valence electrons. The molecule has 4 aromatic carbocycles. The maximum absolute atomic E-state index is 14.3. The van der Waals surface area contributed by atoms with E-state index in [0.717, 1.165) is 32.4 Å². The van der Waals surface area contributed by atoms with Crippen molar-refractivity contribution in [1.29, 1.82) is 0 Å². The highest BCUT2D eigenvalue weighted by Gasteiger charge is 2.51. The summed E-state index contributed by atoms with van der Waals surface area (Å²) in [6, 6.07) is 20.0. The molecular weight excluding hydrogens is 526 g/mol. The molecule has 4 nitrogen and oxygen atoms in total. The third-order valence-corrected chi connectivity index (χ3v) is 8.12. The van der Waals surface area contributed by atoms with E-state index < -0.39 is 5.41 Å². The fraction of sp³-hybridized carbons (Fsp3) is 0.219. The van der Waals surface area contributed by atoms with Gasteiger partial charge in [0.25, 0.3) is 0 Å². The van der Waals surface area contributed by atoms with Gasteiger partial charge in [0.2, 0.25) is 5.91 Å². The first kappa shape index (κ1) is 25.1. The van der Waals surface area contributed by atoms with Crippen molar-refractivity contribution in [3.8, 4) is 11.5 Å². The molecule has 5 heteroatoms. The van der Waals surface area contributed by atoms with Gasteiger partial charge in [-0.1, -0.05) is 64.5 Å². The largest absolute Gasteiger partial charge is 0.507 e. The Balaban J connectivity index is 1.85. The number of halogens is 1. The molecule has 37 heavy (non-hydrogen) atoms. The number of hydrogen-bond donors (Lipinski definition) is 3. The number of phenolic OH excluding ortho intramolecular Hbond substituents is 2. The van der Waals surface area contributed by atoms with Gasteiger partial charge in [-0.3, -0.25) is 4.79 Å². The van der Waals surface area contributed by atoms with Crippen LogP contribution in [0.5, 0.6) is 11.5 Å². The second-order valence-corrected chi connectivity index (χ2v) is 11.1. The van der Waals surface area contributed by atoms with Gasteiger partial charge in [-0.2, -0.15) is 0 Å². The minimum Gasteiger partial charge on any atom is -0.507 e. The molecule has 0 fully saturated rings. The second kappa shape index (κ2) is 9.07. The van der Waals surface area contributed by atoms with E-state index >= 15 is 0 Å². The molecule has 1 amide bonds. The van der Waals surface area contributed by atoms with Crippen LogP contribution in [0.1, 0.15) is 55.6 Å². The van der Waals surface area contributed by atoms with Gasteiger partial charge in [-0.25, -0.2) is 0 Å². The molecule has 0 aromatic heterocycles. The van der Waals surface area contributed by atoms with Crippen LogP contribution in [0.25, 0.3) is 0 Å². The van der Waals surface area contributed by atoms with E-state index in [1.165, 1.54) is 11.1 Å². The zero-order valence-corrected chi connectivity index (χ0v) is 23.2. The van der Waals surface area contributed by atoms with E-state index in [0.29, 0.717) is 28.7 Å². The maximum Gasteiger partial charge on any atom is 0.244 e. The fourth-order valence-corrected chi connectivity index (χ4v) is 6.18. The van der Waals surface area contributed by atoms with Crippen LogP contribution >= 0.6 is 15.9 Å². The number of carbonyl (C=O) groups is 1. The first-order valence-corrected chi connectivity index (χ1v) is 13.1. The Morgan fingerprint density at radius 2 is 1.24 bits per heavy atom. The Morgan fingerprint density at radius 1 is 0.730 bits per heavy atom. The van der Waals surface area contributed by atoms with Crippen molar-refractivity contribution in [2.45, 2.75) is 46.5 Å². The van der Waals surface area contributed by atoms with Gasteiger partial charge in [0.05, 0.1) is 0 Å². The predicted octanol–water partition coefficient (Wildman–Crippen LogP) is 7.28. The van der Waals surface area contributed by atoms with E-state index in [2.05, 4.69) is 46.4 Å². The highest BCUT2D eigenvalue weighted by molar-refractivity contribution is 9.10. The SMILES string of the molecule is Cc1ccccc1Cc1cc(Br)cc2c1NC(=O)C2(c1cc(C)c(O)c(C)c1)c1cc(C)c(O)c(C)c1. The van der Waals surface area contributed by atoms with E-state index in [-0.39, 0.29) is 17.4 Å². The van der Waals surface area contributed by atoms with E-state index in [1.54, 1.807) is 0 Å². The van der Waals surface area contributed by atoms with Crippen molar-refractivity contribution in [3.63, 3.8) is 0 Å². The molecule has 0 atom stereocenters. The van der Waals surface area contributed by atoms with Crippen LogP contribution in [0.15, 0.2) is 65.1 Å². The first-order chi connectivity index (χ1) is 17.5. The van der Waals surface area contributed by atoms with Crippen molar-refractivity contribution in [3.05, 3.63) is 121 Å². The molecule has 5 rings (SSSR count). The molecule has 4 aromatic rings. The van der Waals surface area contributed by atoms with Gasteiger partial charge in [0.1, 0.15) is 16.9 Å². The average molecular weight is 557 g/mol. The molecule has 0 bridgehead atoms. The fourth-order valence-electron chi connectivity index (χ4n) is 5.67. The predicted molar refractivity (Wildman–Crippen MR) is 152 cm³/mol. The van der Waals surface area contributed by atoms with E-state index in [1.807, 2.05) is 70.2 Å². The van der Waals surface area contributed by atoms with Crippen LogP contribution < -0.4 is 5.32 Å². The number of carbonyl (C=O) groups excluding carboxylic acids is 1. The molecule has 3 N–H and O–H groups in total. The topological polar surface area (TPSA) is 69.6 Å². The summed E-state index contributed by atoms with van der Waals surface area (Å²) in [5, 5.41) is 24.3. The lowest BCUT2D eigenvalue weighted by molar-refractivity contribution is -0.118. The van der Waals surface area contributed by atoms with Gasteiger partial charge in [-0.05, 0) is 103 Å². The minimum absolute atomic E-state index is 0.152. The van der Waals surface area contributed by atoms with E-state index in [9.17, 15) is 15.0 Å². The standard InChI is InChI=1S/C32H30BrNO3/c1-17-8-6-7-9-22(17)14-23-15-26(33)16-27-28(23)34-31(37)32(27,24-10-18(2)29(35)19(3)11-24)25-12-20(4)30(36)21(5)13-25/h6-13,15-16,35-36H,14H2,1-5H3,(H,34,37). The third kappa shape index (κ3) is 3.93. The van der Waals surface area contributed by atoms with Crippen molar-refractivity contribution >= 4 is 27.5 Å². The molecule has 1 aliphatic heterocycles. The summed E-state index contributed by atoms with van der Waals surface area (Å²) in [7, 11) is 0. The van der Waals surface area contributed by atoms with Gasteiger partial charge in [0, 0.05) is 15.7 Å². The number of anilines is 1. The highest BCUT2D eigenvalue weighted by Crippen LogP contribution is 2.52. The number of rotatable bonds is 4. The number of fused-ring (bicyclic) bond motifs is 1. The first-order valence-electron chi connectivity index (χ1n) is 12.3. The van der Waals surface area contributed by atoms with Crippen LogP contribution in [-0.4, -0.2) is 16.1 Å². The highest BCUT2D eigenvalue weighted by atomic mass is 79.9. The van der Waals surface area contributed by atoms with Crippen molar-refractivity contribution in [1.82, 2.24) is 0 Å². The number of aryl methyl sites for hydroxylation is 5. The molecule has 0 saturated carbocycles. The van der Waals surface area contributed by atoms with Crippen LogP contribution in [0.4, 0.5) is 5.69 Å². The molecule has 1 heterocycles. The Morgan fingerprint density at radius 3 is 1.76 bits per heavy atom. The lowest BCUT2D eigenvalue weighted by Crippen LogP contribution is -2.37. The quantitative estimate of drug-likeness (QED) is 0.248. The summed E-state index contributed by atoms with van der Waals surface area (Å²) < 4.78 is 0.884. The Bertz CT molecular complexity index is 1480. The molecule has 0 spiro atoms. The Kier molecular flexibility index (Phi) is 6.15. The lowest BCUT2D eigenvalue weighted by Gasteiger charge is -2.31. The summed E-state index contributed by atoms with van der Waals surface area (Å²) in [6.45, 7) is 9.51. The number of nitrogens with one attached hydrogen (secondary N) is 1. The van der Waals surface area contributed by atoms with Gasteiger partial charge in [-0.15, -0.1) is 0 Å². The average Bonchev–Trinajstić information content (AvgIpc) is 3.14. The van der Waals surface area contributed by atoms with Gasteiger partial charge in [0.15, 0.2) is 0 Å². The zero-order valence-electron chi connectivity index (χ0n) is 21.7. The molecule has 1 aliphatic rings. The monoisotopic (exact) mass is 555 g/mol. The lowest BCUT2D eigenvalue weighted by atomic mass is 9.68. The van der Waals surface area contributed by atoms with Gasteiger partial charge >= 0.3 is 0 Å². The summed E-state index contributed by atoms with van der Waals surface area (Å²) in [5.41, 5.74) is 8.30. The molecule has 0 saturated heterocycles. The number of aromatic hydroxyl groups is 2. The van der Waals surface area contributed by atoms with Crippen LogP contribution in [0.2, 0.25) is 0 Å². The number of benzene rings is 4. The van der Waals surface area contributed by atoms with Crippen molar-refractivity contribution < 1.29 is 15.0 Å². The molecule has 0 radical (unpaired) electrons. The number of phenols is 2. The smallest absolute Gasteiger partial charge is 0.244 e.